The van der Waals surface area contributed by atoms with Crippen LogP contribution in [0.5, 0.6) is 0 Å². The Labute approximate surface area is 208 Å². The van der Waals surface area contributed by atoms with Crippen LogP contribution in [-0.4, -0.2) is 16.7 Å². The number of hydrogen-bond donors (Lipinski definition) is 1. The molecule has 3 nitrogen and oxygen atoms in total. The molecule has 3 aliphatic carbocycles. The standard InChI is InChI=1S/C32H36O3/c33-29-26(21-23-11-4-1-5-12-23)19-20-31(29)22-27-17-10-18-28(24-13-6-2-7-14-24)32(27,34)35-30(31)25-15-8-3-9-16-25/h1,3-5,8-9,11-13,15-16,21,27-28,30,34H,2,6-7,10,14,17-20,22H2/t27-,28-,30-,31-,32-/m1/s1. The van der Waals surface area contributed by atoms with Gasteiger partial charge in [0.1, 0.15) is 0 Å². The fraction of sp³-hybridized carbons (Fsp3) is 0.469. The summed E-state index contributed by atoms with van der Waals surface area (Å²) in [5, 5.41) is 12.3. The lowest BCUT2D eigenvalue weighted by Crippen LogP contribution is -2.59. The highest BCUT2D eigenvalue weighted by Crippen LogP contribution is 2.62. The minimum atomic E-state index is -1.20. The molecule has 1 aliphatic heterocycles. The Hall–Kier alpha value is -2.49. The van der Waals surface area contributed by atoms with Gasteiger partial charge in [-0.3, -0.25) is 4.79 Å². The number of rotatable bonds is 3. The van der Waals surface area contributed by atoms with Crippen molar-refractivity contribution < 1.29 is 14.6 Å². The molecule has 182 valence electrons. The van der Waals surface area contributed by atoms with Crippen LogP contribution >= 0.6 is 0 Å². The molecule has 5 atom stereocenters. The van der Waals surface area contributed by atoms with E-state index in [1.54, 1.807) is 0 Å². The quantitative estimate of drug-likeness (QED) is 0.383. The third-order valence-electron chi connectivity index (χ3n) is 9.15. The largest absolute Gasteiger partial charge is 0.365 e. The van der Waals surface area contributed by atoms with Crippen LogP contribution in [0.2, 0.25) is 0 Å². The van der Waals surface area contributed by atoms with Crippen LogP contribution in [-0.2, 0) is 9.53 Å². The molecule has 2 saturated carbocycles. The summed E-state index contributed by atoms with van der Waals surface area (Å²) in [6, 6.07) is 20.3. The molecule has 2 aromatic rings. The van der Waals surface area contributed by atoms with Crippen molar-refractivity contribution >= 4 is 11.9 Å². The zero-order chi connectivity index (χ0) is 23.9. The number of ether oxygens (including phenoxy) is 1. The van der Waals surface area contributed by atoms with E-state index in [2.05, 4.69) is 36.4 Å². The fourth-order valence-electron chi connectivity index (χ4n) is 7.42. The topological polar surface area (TPSA) is 46.5 Å². The average molecular weight is 469 g/mol. The molecule has 6 rings (SSSR count). The summed E-state index contributed by atoms with van der Waals surface area (Å²) < 4.78 is 6.90. The minimum Gasteiger partial charge on any atom is -0.365 e. The van der Waals surface area contributed by atoms with Gasteiger partial charge in [-0.25, -0.2) is 0 Å². The van der Waals surface area contributed by atoms with Crippen LogP contribution in [0.3, 0.4) is 0 Å². The van der Waals surface area contributed by atoms with Crippen molar-refractivity contribution in [2.75, 3.05) is 0 Å². The number of aliphatic hydroxyl groups is 1. The maximum atomic E-state index is 14.2. The smallest absolute Gasteiger partial charge is 0.175 e. The molecule has 1 spiro atoms. The maximum absolute atomic E-state index is 14.2. The molecule has 1 heterocycles. The lowest BCUT2D eigenvalue weighted by Gasteiger charge is -2.56. The van der Waals surface area contributed by atoms with Crippen molar-refractivity contribution in [3.05, 3.63) is 89.0 Å². The molecule has 0 radical (unpaired) electrons. The third kappa shape index (κ3) is 3.93. The SMILES string of the molecule is O=C1C(=Cc2ccccc2)CC[C@@]12C[C@H]1CCC[C@H](C3=CCCCC3)[C@]1(O)O[C@@H]2c1ccccc1. The second-order valence-electron chi connectivity index (χ2n) is 11.1. The monoisotopic (exact) mass is 468 g/mol. The van der Waals surface area contributed by atoms with Gasteiger partial charge in [0, 0.05) is 11.8 Å². The van der Waals surface area contributed by atoms with E-state index in [1.807, 2.05) is 36.4 Å². The van der Waals surface area contributed by atoms with E-state index in [1.165, 1.54) is 18.4 Å². The Morgan fingerprint density at radius 2 is 1.69 bits per heavy atom. The molecular formula is C32H36O3. The number of hydrogen-bond acceptors (Lipinski definition) is 3. The van der Waals surface area contributed by atoms with Crippen molar-refractivity contribution in [3.8, 4) is 0 Å². The zero-order valence-corrected chi connectivity index (χ0v) is 20.5. The van der Waals surface area contributed by atoms with Gasteiger partial charge in [0.25, 0.3) is 0 Å². The van der Waals surface area contributed by atoms with Gasteiger partial charge in [-0.2, -0.15) is 0 Å². The van der Waals surface area contributed by atoms with E-state index in [4.69, 9.17) is 4.74 Å². The van der Waals surface area contributed by atoms with E-state index in [-0.39, 0.29) is 17.6 Å². The van der Waals surface area contributed by atoms with Crippen molar-refractivity contribution in [1.82, 2.24) is 0 Å². The zero-order valence-electron chi connectivity index (χ0n) is 20.5. The molecule has 0 aromatic heterocycles. The van der Waals surface area contributed by atoms with E-state index >= 15 is 0 Å². The van der Waals surface area contributed by atoms with E-state index < -0.39 is 17.3 Å². The highest BCUT2D eigenvalue weighted by molar-refractivity contribution is 6.06. The summed E-state index contributed by atoms with van der Waals surface area (Å²) in [6.45, 7) is 0. The van der Waals surface area contributed by atoms with Gasteiger partial charge >= 0.3 is 0 Å². The van der Waals surface area contributed by atoms with E-state index in [9.17, 15) is 9.90 Å². The second-order valence-corrected chi connectivity index (χ2v) is 11.1. The molecule has 1 saturated heterocycles. The first-order valence-corrected chi connectivity index (χ1v) is 13.5. The van der Waals surface area contributed by atoms with Gasteiger partial charge in [0.05, 0.1) is 11.5 Å². The number of allylic oxidation sites excluding steroid dienone is 2. The van der Waals surface area contributed by atoms with Crippen LogP contribution in [0.1, 0.15) is 81.4 Å². The Balaban J connectivity index is 1.40. The lowest BCUT2D eigenvalue weighted by molar-refractivity contribution is -0.340. The molecule has 0 bridgehead atoms. The number of benzene rings is 2. The molecule has 2 aromatic carbocycles. The number of carbonyl (C=O) groups is 1. The summed E-state index contributed by atoms with van der Waals surface area (Å²) in [5.41, 5.74) is 3.75. The molecule has 3 heteroatoms. The van der Waals surface area contributed by atoms with Gasteiger partial charge in [0.15, 0.2) is 11.6 Å². The van der Waals surface area contributed by atoms with Crippen molar-refractivity contribution in [1.29, 1.82) is 0 Å². The average Bonchev–Trinajstić information content (AvgIpc) is 3.20. The minimum absolute atomic E-state index is 0.0101. The first-order valence-electron chi connectivity index (χ1n) is 13.5. The van der Waals surface area contributed by atoms with Gasteiger partial charge < -0.3 is 9.84 Å². The Bertz CT molecular complexity index is 1130. The maximum Gasteiger partial charge on any atom is 0.175 e. The van der Waals surface area contributed by atoms with Gasteiger partial charge in [-0.1, -0.05) is 78.7 Å². The highest BCUT2D eigenvalue weighted by Gasteiger charge is 2.63. The van der Waals surface area contributed by atoms with Crippen molar-refractivity contribution in [2.45, 2.75) is 76.1 Å². The van der Waals surface area contributed by atoms with Gasteiger partial charge in [-0.05, 0) is 80.6 Å². The lowest BCUT2D eigenvalue weighted by atomic mass is 9.60. The fourth-order valence-corrected chi connectivity index (χ4v) is 7.42. The summed E-state index contributed by atoms with van der Waals surface area (Å²) in [5.74, 6) is -0.944. The number of Topliss-reactive ketones (excluding diaryl/α,β-unsaturated/α-hetero) is 1. The third-order valence-corrected chi connectivity index (χ3v) is 9.15. The molecule has 1 N–H and O–H groups in total. The van der Waals surface area contributed by atoms with Crippen LogP contribution in [0.25, 0.3) is 6.08 Å². The summed E-state index contributed by atoms with van der Waals surface area (Å²) in [6.07, 6.45) is 13.8. The van der Waals surface area contributed by atoms with Crippen molar-refractivity contribution in [3.63, 3.8) is 0 Å². The number of ketones is 1. The molecule has 0 unspecified atom stereocenters. The van der Waals surface area contributed by atoms with Gasteiger partial charge in [0.2, 0.25) is 0 Å². The summed E-state index contributed by atoms with van der Waals surface area (Å²) >= 11 is 0. The first-order chi connectivity index (χ1) is 17.1. The highest BCUT2D eigenvalue weighted by atomic mass is 16.6. The predicted octanol–water partition coefficient (Wildman–Crippen LogP) is 7.19. The second kappa shape index (κ2) is 9.19. The van der Waals surface area contributed by atoms with Crippen LogP contribution in [0, 0.1) is 17.3 Å². The molecule has 35 heavy (non-hydrogen) atoms. The Morgan fingerprint density at radius 1 is 0.914 bits per heavy atom. The van der Waals surface area contributed by atoms with Crippen molar-refractivity contribution in [2.24, 2.45) is 17.3 Å². The van der Waals surface area contributed by atoms with Crippen LogP contribution in [0.4, 0.5) is 0 Å². The first kappa shape index (κ1) is 22.9. The number of carbonyl (C=O) groups excluding carboxylic acids is 1. The number of fused-ring (bicyclic) bond motifs is 1. The summed E-state index contributed by atoms with van der Waals surface area (Å²) in [4.78, 5) is 14.2. The van der Waals surface area contributed by atoms with Gasteiger partial charge in [-0.15, -0.1) is 0 Å². The van der Waals surface area contributed by atoms with Crippen LogP contribution < -0.4 is 0 Å². The summed E-state index contributed by atoms with van der Waals surface area (Å²) in [7, 11) is 0. The molecule has 0 amide bonds. The molecule has 4 aliphatic rings. The van der Waals surface area contributed by atoms with E-state index in [0.29, 0.717) is 6.42 Å². The Morgan fingerprint density at radius 3 is 2.43 bits per heavy atom. The molecule has 3 fully saturated rings. The predicted molar refractivity (Wildman–Crippen MR) is 138 cm³/mol. The normalized spacial score (nSPS) is 36.3. The van der Waals surface area contributed by atoms with Crippen LogP contribution in [0.15, 0.2) is 77.9 Å². The Kier molecular flexibility index (Phi) is 6.02. The van der Waals surface area contributed by atoms with E-state index in [0.717, 1.165) is 61.6 Å². The molecular weight excluding hydrogens is 432 g/mol.